The molecule has 1 aliphatic rings. The summed E-state index contributed by atoms with van der Waals surface area (Å²) in [5.41, 5.74) is 6.29. The lowest BCUT2D eigenvalue weighted by atomic mass is 9.76. The van der Waals surface area contributed by atoms with Gasteiger partial charge in [0.1, 0.15) is 0 Å². The SMILES string of the molecule is COC1CCCCC1(CN)N(CC(C)C)CC(C)C. The fraction of sp³-hybridized carbons (Fsp3) is 1.00. The molecule has 0 spiro atoms. The smallest absolute Gasteiger partial charge is 0.0767 e. The molecule has 3 nitrogen and oxygen atoms in total. The fourth-order valence-corrected chi connectivity index (χ4v) is 3.57. The summed E-state index contributed by atoms with van der Waals surface area (Å²) in [5, 5.41) is 0. The molecular formula is C16H34N2O. The molecule has 0 bridgehead atoms. The van der Waals surface area contributed by atoms with E-state index in [0.717, 1.165) is 19.5 Å². The van der Waals surface area contributed by atoms with Crippen molar-refractivity contribution < 1.29 is 4.74 Å². The fourth-order valence-electron chi connectivity index (χ4n) is 3.57. The van der Waals surface area contributed by atoms with E-state index in [1.165, 1.54) is 19.3 Å². The molecule has 1 saturated carbocycles. The summed E-state index contributed by atoms with van der Waals surface area (Å²) < 4.78 is 5.82. The molecule has 0 aromatic rings. The number of rotatable bonds is 7. The highest BCUT2D eigenvalue weighted by Gasteiger charge is 2.44. The summed E-state index contributed by atoms with van der Waals surface area (Å²) in [4.78, 5) is 2.63. The van der Waals surface area contributed by atoms with Crippen molar-refractivity contribution >= 4 is 0 Å². The first-order valence-electron chi connectivity index (χ1n) is 7.94. The van der Waals surface area contributed by atoms with Gasteiger partial charge in [-0.1, -0.05) is 40.5 Å². The maximum atomic E-state index is 6.23. The minimum atomic E-state index is 0.0571. The van der Waals surface area contributed by atoms with Crippen LogP contribution in [0.25, 0.3) is 0 Å². The van der Waals surface area contributed by atoms with Crippen LogP contribution < -0.4 is 5.73 Å². The molecule has 1 aliphatic carbocycles. The Morgan fingerprint density at radius 2 is 1.74 bits per heavy atom. The van der Waals surface area contributed by atoms with E-state index in [1.54, 1.807) is 0 Å². The van der Waals surface area contributed by atoms with Crippen molar-refractivity contribution in [2.75, 3.05) is 26.7 Å². The predicted octanol–water partition coefficient (Wildman–Crippen LogP) is 2.89. The van der Waals surface area contributed by atoms with Gasteiger partial charge in [0, 0.05) is 26.7 Å². The van der Waals surface area contributed by atoms with Gasteiger partial charge in [-0.25, -0.2) is 0 Å². The molecule has 2 atom stereocenters. The second-order valence-electron chi connectivity index (χ2n) is 6.97. The summed E-state index contributed by atoms with van der Waals surface area (Å²) in [5.74, 6) is 1.34. The van der Waals surface area contributed by atoms with Crippen LogP contribution in [0.3, 0.4) is 0 Å². The van der Waals surface area contributed by atoms with Crippen LogP contribution in [0.15, 0.2) is 0 Å². The Kier molecular flexibility index (Phi) is 6.78. The molecule has 0 saturated heterocycles. The van der Waals surface area contributed by atoms with Crippen molar-refractivity contribution in [2.45, 2.75) is 65.0 Å². The highest BCUT2D eigenvalue weighted by molar-refractivity contribution is 5.01. The van der Waals surface area contributed by atoms with Gasteiger partial charge in [0.05, 0.1) is 11.6 Å². The maximum Gasteiger partial charge on any atom is 0.0767 e. The summed E-state index contributed by atoms with van der Waals surface area (Å²) in [7, 11) is 1.85. The molecule has 0 aliphatic heterocycles. The van der Waals surface area contributed by atoms with E-state index in [2.05, 4.69) is 32.6 Å². The predicted molar refractivity (Wildman–Crippen MR) is 82.3 cm³/mol. The third-order valence-corrected chi connectivity index (χ3v) is 4.36. The number of hydrogen-bond donors (Lipinski definition) is 1. The number of nitrogens with two attached hydrogens (primary N) is 1. The van der Waals surface area contributed by atoms with Crippen LogP contribution in [0, 0.1) is 11.8 Å². The average Bonchev–Trinajstić information content (AvgIpc) is 2.36. The summed E-state index contributed by atoms with van der Waals surface area (Å²) >= 11 is 0. The quantitative estimate of drug-likeness (QED) is 0.773. The zero-order valence-corrected chi connectivity index (χ0v) is 13.6. The summed E-state index contributed by atoms with van der Waals surface area (Å²) in [6.45, 7) is 12.1. The highest BCUT2D eigenvalue weighted by atomic mass is 16.5. The van der Waals surface area contributed by atoms with Gasteiger partial charge in [0.2, 0.25) is 0 Å². The van der Waals surface area contributed by atoms with E-state index in [1.807, 2.05) is 7.11 Å². The van der Waals surface area contributed by atoms with Crippen LogP contribution in [0.2, 0.25) is 0 Å². The lowest BCUT2D eigenvalue weighted by Crippen LogP contribution is -2.64. The zero-order chi connectivity index (χ0) is 14.5. The van der Waals surface area contributed by atoms with Crippen LogP contribution >= 0.6 is 0 Å². The molecule has 1 fully saturated rings. The third kappa shape index (κ3) is 4.17. The highest BCUT2D eigenvalue weighted by Crippen LogP contribution is 2.36. The van der Waals surface area contributed by atoms with Gasteiger partial charge >= 0.3 is 0 Å². The molecule has 19 heavy (non-hydrogen) atoms. The van der Waals surface area contributed by atoms with E-state index in [4.69, 9.17) is 10.5 Å². The number of ether oxygens (including phenoxy) is 1. The maximum absolute atomic E-state index is 6.23. The normalized spacial score (nSPS) is 28.6. The number of hydrogen-bond acceptors (Lipinski definition) is 3. The molecule has 2 N–H and O–H groups in total. The Morgan fingerprint density at radius 3 is 2.16 bits per heavy atom. The van der Waals surface area contributed by atoms with E-state index < -0.39 is 0 Å². The minimum Gasteiger partial charge on any atom is -0.379 e. The topological polar surface area (TPSA) is 38.5 Å². The standard InChI is InChI=1S/C16H34N2O/c1-13(2)10-18(11-14(3)4)16(12-17)9-7-6-8-15(16)19-5/h13-15H,6-12,17H2,1-5H3. The van der Waals surface area contributed by atoms with E-state index in [-0.39, 0.29) is 5.54 Å². The molecule has 0 aromatic carbocycles. The van der Waals surface area contributed by atoms with Gasteiger partial charge in [0.15, 0.2) is 0 Å². The van der Waals surface area contributed by atoms with E-state index in [9.17, 15) is 0 Å². The molecule has 0 radical (unpaired) electrons. The third-order valence-electron chi connectivity index (χ3n) is 4.36. The van der Waals surface area contributed by atoms with Gasteiger partial charge in [-0.2, -0.15) is 0 Å². The summed E-state index contributed by atoms with van der Waals surface area (Å²) in [6, 6.07) is 0. The van der Waals surface area contributed by atoms with Crippen molar-refractivity contribution in [3.05, 3.63) is 0 Å². The average molecular weight is 270 g/mol. The minimum absolute atomic E-state index is 0.0571. The van der Waals surface area contributed by atoms with Crippen LogP contribution in [-0.4, -0.2) is 43.3 Å². The van der Waals surface area contributed by atoms with Crippen LogP contribution in [0.5, 0.6) is 0 Å². The first kappa shape index (κ1) is 16.9. The molecular weight excluding hydrogens is 236 g/mol. The second-order valence-corrected chi connectivity index (χ2v) is 6.97. The Morgan fingerprint density at radius 1 is 1.16 bits per heavy atom. The van der Waals surface area contributed by atoms with Gasteiger partial charge in [-0.3, -0.25) is 4.90 Å². The molecule has 0 heterocycles. The van der Waals surface area contributed by atoms with Gasteiger partial charge in [-0.05, 0) is 24.7 Å². The molecule has 0 amide bonds. The molecule has 1 rings (SSSR count). The first-order chi connectivity index (χ1) is 8.96. The van der Waals surface area contributed by atoms with Crippen molar-refractivity contribution in [2.24, 2.45) is 17.6 Å². The Hall–Kier alpha value is -0.120. The zero-order valence-electron chi connectivity index (χ0n) is 13.6. The number of methoxy groups -OCH3 is 1. The largest absolute Gasteiger partial charge is 0.379 e. The van der Waals surface area contributed by atoms with Crippen LogP contribution in [0.4, 0.5) is 0 Å². The van der Waals surface area contributed by atoms with Crippen molar-refractivity contribution in [1.29, 1.82) is 0 Å². The molecule has 114 valence electrons. The van der Waals surface area contributed by atoms with Gasteiger partial charge in [0.25, 0.3) is 0 Å². The van der Waals surface area contributed by atoms with E-state index in [0.29, 0.717) is 24.5 Å². The van der Waals surface area contributed by atoms with Crippen LogP contribution in [-0.2, 0) is 4.74 Å². The molecule has 2 unspecified atom stereocenters. The molecule has 3 heteroatoms. The lowest BCUT2D eigenvalue weighted by molar-refractivity contribution is -0.0826. The first-order valence-corrected chi connectivity index (χ1v) is 7.94. The Bertz CT molecular complexity index is 245. The Labute approximate surface area is 119 Å². The van der Waals surface area contributed by atoms with E-state index >= 15 is 0 Å². The van der Waals surface area contributed by atoms with Gasteiger partial charge < -0.3 is 10.5 Å². The monoisotopic (exact) mass is 270 g/mol. The summed E-state index contributed by atoms with van der Waals surface area (Å²) in [6.07, 6.45) is 5.19. The van der Waals surface area contributed by atoms with Crippen molar-refractivity contribution in [3.8, 4) is 0 Å². The lowest BCUT2D eigenvalue weighted by Gasteiger charge is -2.51. The van der Waals surface area contributed by atoms with Gasteiger partial charge in [-0.15, -0.1) is 0 Å². The Balaban J connectivity index is 2.96. The molecule has 0 aromatic heterocycles. The van der Waals surface area contributed by atoms with Crippen LogP contribution in [0.1, 0.15) is 53.4 Å². The van der Waals surface area contributed by atoms with Crippen molar-refractivity contribution in [3.63, 3.8) is 0 Å². The second kappa shape index (κ2) is 7.61. The number of nitrogens with zero attached hydrogens (tertiary/aromatic N) is 1. The van der Waals surface area contributed by atoms with Crippen molar-refractivity contribution in [1.82, 2.24) is 4.90 Å².